The molecule has 0 spiro atoms. The van der Waals surface area contributed by atoms with Crippen molar-refractivity contribution >= 4 is 33.2 Å². The lowest BCUT2D eigenvalue weighted by atomic mass is 10.2. The van der Waals surface area contributed by atoms with Crippen molar-refractivity contribution in [2.24, 2.45) is 0 Å². The smallest absolute Gasteiger partial charge is 0.262 e. The lowest BCUT2D eigenvalue weighted by molar-refractivity contribution is 0.0954. The molecule has 1 N–H and O–H groups in total. The normalized spacial score (nSPS) is 10.2. The van der Waals surface area contributed by atoms with Gasteiger partial charge in [-0.05, 0) is 45.1 Å². The lowest BCUT2D eigenvalue weighted by Crippen LogP contribution is -2.22. The molecule has 0 fully saturated rings. The molecule has 0 aliphatic carbocycles. The molecule has 0 bridgehead atoms. The maximum Gasteiger partial charge on any atom is 0.262 e. The number of hydrogen-bond donors (Lipinski definition) is 1. The van der Waals surface area contributed by atoms with E-state index in [1.165, 1.54) is 23.5 Å². The van der Waals surface area contributed by atoms with E-state index in [0.29, 0.717) is 11.4 Å². The van der Waals surface area contributed by atoms with Crippen LogP contribution in [0.3, 0.4) is 0 Å². The van der Waals surface area contributed by atoms with Crippen molar-refractivity contribution in [3.05, 3.63) is 56.4 Å². The standard InChI is InChI=1S/C12H9BrFNOS/c13-10-4-5-17-11(10)12(16)15-7-8-2-1-3-9(14)6-8/h1-6H,7H2,(H,15,16). The van der Waals surface area contributed by atoms with Gasteiger partial charge in [-0.25, -0.2) is 4.39 Å². The van der Waals surface area contributed by atoms with Gasteiger partial charge in [-0.1, -0.05) is 12.1 Å². The van der Waals surface area contributed by atoms with E-state index in [1.807, 2.05) is 11.4 Å². The van der Waals surface area contributed by atoms with Gasteiger partial charge >= 0.3 is 0 Å². The van der Waals surface area contributed by atoms with Crippen LogP contribution in [0.25, 0.3) is 0 Å². The van der Waals surface area contributed by atoms with Gasteiger partial charge in [0.15, 0.2) is 0 Å². The molecule has 1 heterocycles. The van der Waals surface area contributed by atoms with Crippen LogP contribution in [0.4, 0.5) is 4.39 Å². The highest BCUT2D eigenvalue weighted by atomic mass is 79.9. The predicted octanol–water partition coefficient (Wildman–Crippen LogP) is 3.58. The van der Waals surface area contributed by atoms with E-state index in [4.69, 9.17) is 0 Å². The summed E-state index contributed by atoms with van der Waals surface area (Å²) in [4.78, 5) is 12.4. The summed E-state index contributed by atoms with van der Waals surface area (Å²) in [5.74, 6) is -0.454. The van der Waals surface area contributed by atoms with Gasteiger partial charge in [-0.15, -0.1) is 11.3 Å². The number of carbonyl (C=O) groups is 1. The molecular weight excluding hydrogens is 305 g/mol. The van der Waals surface area contributed by atoms with Crippen LogP contribution in [0.5, 0.6) is 0 Å². The fraction of sp³-hybridized carbons (Fsp3) is 0.0833. The highest BCUT2D eigenvalue weighted by Gasteiger charge is 2.10. The molecule has 0 aliphatic heterocycles. The zero-order valence-corrected chi connectivity index (χ0v) is 11.1. The second-order valence-electron chi connectivity index (χ2n) is 3.41. The first-order valence-corrected chi connectivity index (χ1v) is 6.60. The summed E-state index contributed by atoms with van der Waals surface area (Å²) in [6.07, 6.45) is 0. The molecule has 0 saturated carbocycles. The van der Waals surface area contributed by atoms with E-state index in [0.717, 1.165) is 10.0 Å². The number of thiophene rings is 1. The number of nitrogens with one attached hydrogen (secondary N) is 1. The summed E-state index contributed by atoms with van der Waals surface area (Å²) in [6, 6.07) is 8.00. The minimum atomic E-state index is -0.297. The molecule has 2 nitrogen and oxygen atoms in total. The Kier molecular flexibility index (Phi) is 3.91. The number of amides is 1. The minimum absolute atomic E-state index is 0.156. The monoisotopic (exact) mass is 313 g/mol. The zero-order chi connectivity index (χ0) is 12.3. The predicted molar refractivity (Wildman–Crippen MR) is 69.6 cm³/mol. The van der Waals surface area contributed by atoms with E-state index < -0.39 is 0 Å². The van der Waals surface area contributed by atoms with E-state index in [-0.39, 0.29) is 11.7 Å². The van der Waals surface area contributed by atoms with Crippen molar-refractivity contribution in [3.8, 4) is 0 Å². The molecule has 88 valence electrons. The van der Waals surface area contributed by atoms with Crippen LogP contribution >= 0.6 is 27.3 Å². The number of rotatable bonds is 3. The highest BCUT2D eigenvalue weighted by molar-refractivity contribution is 9.10. The van der Waals surface area contributed by atoms with Crippen LogP contribution in [-0.2, 0) is 6.54 Å². The summed E-state index contributed by atoms with van der Waals surface area (Å²) >= 11 is 4.66. The van der Waals surface area contributed by atoms with Gasteiger partial charge in [0.2, 0.25) is 0 Å². The molecule has 0 radical (unpaired) electrons. The Morgan fingerprint density at radius 3 is 2.88 bits per heavy atom. The minimum Gasteiger partial charge on any atom is -0.347 e. The van der Waals surface area contributed by atoms with Crippen LogP contribution in [-0.4, -0.2) is 5.91 Å². The fourth-order valence-electron chi connectivity index (χ4n) is 1.37. The number of benzene rings is 1. The lowest BCUT2D eigenvalue weighted by Gasteiger charge is -2.04. The Hall–Kier alpha value is -1.20. The van der Waals surface area contributed by atoms with Crippen molar-refractivity contribution < 1.29 is 9.18 Å². The summed E-state index contributed by atoms with van der Waals surface area (Å²) < 4.78 is 13.7. The Balaban J connectivity index is 1.99. The third-order valence-corrected chi connectivity index (χ3v) is 4.00. The summed E-state index contributed by atoms with van der Waals surface area (Å²) in [6.45, 7) is 0.320. The second-order valence-corrected chi connectivity index (χ2v) is 5.18. The fourth-order valence-corrected chi connectivity index (χ4v) is 2.83. The number of hydrogen-bond acceptors (Lipinski definition) is 2. The molecule has 0 atom stereocenters. The average molecular weight is 314 g/mol. The molecule has 0 unspecified atom stereocenters. The SMILES string of the molecule is O=C(NCc1cccc(F)c1)c1sccc1Br. The number of carbonyl (C=O) groups excluding carboxylic acids is 1. The van der Waals surface area contributed by atoms with Crippen molar-refractivity contribution in [3.63, 3.8) is 0 Å². The van der Waals surface area contributed by atoms with Crippen molar-refractivity contribution in [2.75, 3.05) is 0 Å². The molecule has 2 aromatic rings. The van der Waals surface area contributed by atoms with Crippen molar-refractivity contribution in [1.29, 1.82) is 0 Å². The van der Waals surface area contributed by atoms with Gasteiger partial charge in [0.05, 0.1) is 0 Å². The van der Waals surface area contributed by atoms with Crippen LogP contribution < -0.4 is 5.32 Å². The molecule has 1 amide bonds. The summed E-state index contributed by atoms with van der Waals surface area (Å²) in [7, 11) is 0. The first-order chi connectivity index (χ1) is 8.16. The van der Waals surface area contributed by atoms with Crippen LogP contribution in [0.1, 0.15) is 15.2 Å². The van der Waals surface area contributed by atoms with Gasteiger partial charge in [0.25, 0.3) is 5.91 Å². The Morgan fingerprint density at radius 2 is 2.24 bits per heavy atom. The molecule has 1 aromatic carbocycles. The quantitative estimate of drug-likeness (QED) is 0.922. The third-order valence-electron chi connectivity index (χ3n) is 2.17. The van der Waals surface area contributed by atoms with Crippen LogP contribution in [0.2, 0.25) is 0 Å². The molecule has 1 aromatic heterocycles. The highest BCUT2D eigenvalue weighted by Crippen LogP contribution is 2.22. The van der Waals surface area contributed by atoms with E-state index in [2.05, 4.69) is 21.2 Å². The summed E-state index contributed by atoms with van der Waals surface area (Å²) in [5.41, 5.74) is 0.742. The molecule has 5 heteroatoms. The third kappa shape index (κ3) is 3.14. The van der Waals surface area contributed by atoms with Gasteiger partial charge in [0, 0.05) is 11.0 Å². The van der Waals surface area contributed by atoms with Gasteiger partial charge < -0.3 is 5.32 Å². The molecule has 0 aliphatic rings. The first-order valence-electron chi connectivity index (χ1n) is 4.92. The largest absolute Gasteiger partial charge is 0.347 e. The Morgan fingerprint density at radius 1 is 1.41 bits per heavy atom. The van der Waals surface area contributed by atoms with Crippen LogP contribution in [0.15, 0.2) is 40.2 Å². The van der Waals surface area contributed by atoms with Crippen LogP contribution in [0, 0.1) is 5.82 Å². The maximum atomic E-state index is 12.9. The van der Waals surface area contributed by atoms with Crippen molar-refractivity contribution in [2.45, 2.75) is 6.54 Å². The Labute approximate surface area is 111 Å². The number of halogens is 2. The second kappa shape index (κ2) is 5.42. The molecule has 0 saturated heterocycles. The molecular formula is C12H9BrFNOS. The zero-order valence-electron chi connectivity index (χ0n) is 8.74. The first kappa shape index (κ1) is 12.3. The molecule has 17 heavy (non-hydrogen) atoms. The maximum absolute atomic E-state index is 12.9. The molecule has 2 rings (SSSR count). The van der Waals surface area contributed by atoms with E-state index in [9.17, 15) is 9.18 Å². The van der Waals surface area contributed by atoms with E-state index in [1.54, 1.807) is 12.1 Å². The van der Waals surface area contributed by atoms with Gasteiger partial charge in [-0.3, -0.25) is 4.79 Å². The Bertz CT molecular complexity index is 541. The van der Waals surface area contributed by atoms with Gasteiger partial charge in [-0.2, -0.15) is 0 Å². The van der Waals surface area contributed by atoms with Crippen molar-refractivity contribution in [1.82, 2.24) is 5.32 Å². The van der Waals surface area contributed by atoms with Gasteiger partial charge in [0.1, 0.15) is 10.7 Å². The summed E-state index contributed by atoms with van der Waals surface area (Å²) in [5, 5.41) is 4.58. The average Bonchev–Trinajstić information content (AvgIpc) is 2.72. The van der Waals surface area contributed by atoms with E-state index >= 15 is 0 Å². The topological polar surface area (TPSA) is 29.1 Å².